The molecule has 98 valence electrons. The maximum absolute atomic E-state index is 12.3. The minimum atomic E-state index is -0.225. The van der Waals surface area contributed by atoms with Gasteiger partial charge in [0.25, 0.3) is 0 Å². The first-order chi connectivity index (χ1) is 8.59. The predicted molar refractivity (Wildman–Crippen MR) is 66.9 cm³/mol. The summed E-state index contributed by atoms with van der Waals surface area (Å²) < 4.78 is 5.60. The highest BCUT2D eigenvalue weighted by Crippen LogP contribution is 2.59. The molecule has 3 aliphatic rings. The summed E-state index contributed by atoms with van der Waals surface area (Å²) in [6.45, 7) is 4.23. The molecule has 3 atom stereocenters. The van der Waals surface area contributed by atoms with Crippen LogP contribution in [0.15, 0.2) is 11.1 Å². The molecule has 0 saturated heterocycles. The Kier molecular flexibility index (Phi) is 2.61. The molecule has 0 aromatic carbocycles. The lowest BCUT2D eigenvalue weighted by Gasteiger charge is -2.37. The summed E-state index contributed by atoms with van der Waals surface area (Å²) in [7, 11) is 0. The Morgan fingerprint density at radius 1 is 1.33 bits per heavy atom. The second kappa shape index (κ2) is 3.94. The Hall–Kier alpha value is -1.12. The smallest absolute Gasteiger partial charge is 0.334 e. The van der Waals surface area contributed by atoms with Gasteiger partial charge in [-0.3, -0.25) is 4.79 Å². The molecule has 2 saturated carbocycles. The maximum atomic E-state index is 12.3. The SMILES string of the molecule is CCCCC1=C2C(=O)C[C@H]3CC[C@@H](OC1=O)[C@@]23C. The first-order valence-electron chi connectivity index (χ1n) is 7.06. The second-order valence-electron chi connectivity index (χ2n) is 6.04. The molecule has 0 amide bonds. The van der Waals surface area contributed by atoms with Crippen molar-refractivity contribution in [1.29, 1.82) is 0 Å². The van der Waals surface area contributed by atoms with E-state index >= 15 is 0 Å². The Labute approximate surface area is 108 Å². The summed E-state index contributed by atoms with van der Waals surface area (Å²) in [5.74, 6) is 0.376. The van der Waals surface area contributed by atoms with Crippen LogP contribution in [0.4, 0.5) is 0 Å². The first-order valence-corrected chi connectivity index (χ1v) is 7.06. The van der Waals surface area contributed by atoms with Crippen LogP contribution in [0.5, 0.6) is 0 Å². The number of carbonyl (C=O) groups is 2. The van der Waals surface area contributed by atoms with E-state index in [1.807, 2.05) is 0 Å². The van der Waals surface area contributed by atoms with E-state index in [1.54, 1.807) is 0 Å². The maximum Gasteiger partial charge on any atom is 0.334 e. The zero-order valence-corrected chi connectivity index (χ0v) is 11.1. The summed E-state index contributed by atoms with van der Waals surface area (Å²) in [5.41, 5.74) is 1.35. The quantitative estimate of drug-likeness (QED) is 0.721. The van der Waals surface area contributed by atoms with Crippen molar-refractivity contribution < 1.29 is 14.3 Å². The van der Waals surface area contributed by atoms with Crippen LogP contribution in [0.1, 0.15) is 52.4 Å². The van der Waals surface area contributed by atoms with Gasteiger partial charge < -0.3 is 4.74 Å². The highest BCUT2D eigenvalue weighted by Gasteiger charge is 2.61. The van der Waals surface area contributed by atoms with E-state index < -0.39 is 0 Å². The van der Waals surface area contributed by atoms with Crippen molar-refractivity contribution in [1.82, 2.24) is 0 Å². The Morgan fingerprint density at radius 3 is 2.83 bits per heavy atom. The van der Waals surface area contributed by atoms with Crippen molar-refractivity contribution in [2.75, 3.05) is 0 Å². The van der Waals surface area contributed by atoms with Crippen LogP contribution in [-0.4, -0.2) is 17.9 Å². The molecular weight excluding hydrogens is 228 g/mol. The topological polar surface area (TPSA) is 43.4 Å². The van der Waals surface area contributed by atoms with Crippen molar-refractivity contribution >= 4 is 11.8 Å². The summed E-state index contributed by atoms with van der Waals surface area (Å²) in [4.78, 5) is 24.3. The van der Waals surface area contributed by atoms with Gasteiger partial charge in [-0.2, -0.15) is 0 Å². The second-order valence-corrected chi connectivity index (χ2v) is 6.04. The molecule has 0 N–H and O–H groups in total. The molecular formula is C15H20O3. The molecule has 2 fully saturated rings. The highest BCUT2D eigenvalue weighted by atomic mass is 16.5. The molecule has 3 nitrogen and oxygen atoms in total. The number of ether oxygens (including phenoxy) is 1. The van der Waals surface area contributed by atoms with Crippen LogP contribution in [0.2, 0.25) is 0 Å². The average molecular weight is 248 g/mol. The molecule has 0 bridgehead atoms. The number of unbranched alkanes of at least 4 members (excludes halogenated alkanes) is 1. The van der Waals surface area contributed by atoms with Gasteiger partial charge in [0.2, 0.25) is 0 Å². The van der Waals surface area contributed by atoms with Crippen molar-refractivity contribution in [3.8, 4) is 0 Å². The fourth-order valence-electron chi connectivity index (χ4n) is 4.08. The number of rotatable bonds is 3. The molecule has 2 aliphatic carbocycles. The standard InChI is InChI=1S/C15H20O3/c1-3-4-5-10-13-11(16)8-9-6-7-12(15(9,13)2)18-14(10)17/h9,12H,3-8H2,1-2H3/t9-,12-,15+/m1/s1. The largest absolute Gasteiger partial charge is 0.458 e. The summed E-state index contributed by atoms with van der Waals surface area (Å²) in [6, 6.07) is 0. The Morgan fingerprint density at radius 2 is 2.11 bits per heavy atom. The van der Waals surface area contributed by atoms with Gasteiger partial charge in [0.1, 0.15) is 6.10 Å². The zero-order chi connectivity index (χ0) is 12.9. The zero-order valence-electron chi connectivity index (χ0n) is 11.1. The first kappa shape index (κ1) is 11.9. The lowest BCUT2D eigenvalue weighted by atomic mass is 9.73. The molecule has 0 spiro atoms. The van der Waals surface area contributed by atoms with Crippen molar-refractivity contribution in [2.24, 2.45) is 11.3 Å². The third-order valence-corrected chi connectivity index (χ3v) is 5.12. The molecule has 1 heterocycles. The lowest BCUT2D eigenvalue weighted by molar-refractivity contribution is -0.151. The van der Waals surface area contributed by atoms with Gasteiger partial charge in [0, 0.05) is 23.0 Å². The summed E-state index contributed by atoms with van der Waals surface area (Å²) >= 11 is 0. The van der Waals surface area contributed by atoms with Crippen LogP contribution in [-0.2, 0) is 14.3 Å². The summed E-state index contributed by atoms with van der Waals surface area (Å²) in [6.07, 6.45) is 5.19. The molecule has 0 radical (unpaired) electrons. The van der Waals surface area contributed by atoms with E-state index in [4.69, 9.17) is 4.74 Å². The average Bonchev–Trinajstić information content (AvgIpc) is 2.76. The fraction of sp³-hybridized carbons (Fsp3) is 0.733. The van der Waals surface area contributed by atoms with Gasteiger partial charge in [0.05, 0.1) is 0 Å². The minimum Gasteiger partial charge on any atom is -0.458 e. The minimum absolute atomic E-state index is 0.0539. The van der Waals surface area contributed by atoms with E-state index in [0.717, 1.165) is 31.3 Å². The summed E-state index contributed by atoms with van der Waals surface area (Å²) in [5, 5.41) is 0. The number of Topliss-reactive ketones (excluding diaryl/α,β-unsaturated/α-hetero) is 1. The lowest BCUT2D eigenvalue weighted by Crippen LogP contribution is -2.40. The van der Waals surface area contributed by atoms with E-state index in [2.05, 4.69) is 13.8 Å². The van der Waals surface area contributed by atoms with E-state index in [-0.39, 0.29) is 23.3 Å². The monoisotopic (exact) mass is 248 g/mol. The van der Waals surface area contributed by atoms with E-state index in [1.165, 1.54) is 0 Å². The van der Waals surface area contributed by atoms with Gasteiger partial charge in [-0.15, -0.1) is 0 Å². The number of hydrogen-bond donors (Lipinski definition) is 0. The van der Waals surface area contributed by atoms with Crippen molar-refractivity contribution in [3.05, 3.63) is 11.1 Å². The normalized spacial score (nSPS) is 38.1. The molecule has 0 aromatic rings. The molecule has 18 heavy (non-hydrogen) atoms. The van der Waals surface area contributed by atoms with Crippen LogP contribution in [0.25, 0.3) is 0 Å². The molecule has 3 heteroatoms. The number of esters is 1. The number of carbonyl (C=O) groups excluding carboxylic acids is 2. The Balaban J connectivity index is 2.08. The molecule has 1 aliphatic heterocycles. The van der Waals surface area contributed by atoms with Crippen molar-refractivity contribution in [2.45, 2.75) is 58.5 Å². The number of hydrogen-bond acceptors (Lipinski definition) is 3. The highest BCUT2D eigenvalue weighted by molar-refractivity contribution is 6.08. The van der Waals surface area contributed by atoms with Gasteiger partial charge in [-0.1, -0.05) is 20.3 Å². The van der Waals surface area contributed by atoms with Gasteiger partial charge in [-0.25, -0.2) is 4.79 Å². The van der Waals surface area contributed by atoms with Crippen LogP contribution < -0.4 is 0 Å². The fourth-order valence-corrected chi connectivity index (χ4v) is 4.08. The Bertz CT molecular complexity index is 449. The van der Waals surface area contributed by atoms with Gasteiger partial charge in [-0.05, 0) is 31.6 Å². The van der Waals surface area contributed by atoms with Gasteiger partial charge >= 0.3 is 5.97 Å². The van der Waals surface area contributed by atoms with E-state index in [9.17, 15) is 9.59 Å². The van der Waals surface area contributed by atoms with Crippen molar-refractivity contribution in [3.63, 3.8) is 0 Å². The molecule has 0 aromatic heterocycles. The molecule has 0 unspecified atom stereocenters. The third-order valence-electron chi connectivity index (χ3n) is 5.12. The van der Waals surface area contributed by atoms with Gasteiger partial charge in [0.15, 0.2) is 5.78 Å². The predicted octanol–water partition coefficient (Wildman–Crippen LogP) is 2.79. The van der Waals surface area contributed by atoms with E-state index in [0.29, 0.717) is 24.3 Å². The number of ketones is 1. The van der Waals surface area contributed by atoms with Crippen LogP contribution in [0, 0.1) is 11.3 Å². The van der Waals surface area contributed by atoms with Crippen LogP contribution >= 0.6 is 0 Å². The third kappa shape index (κ3) is 1.36. The molecule has 3 rings (SSSR count). The van der Waals surface area contributed by atoms with Crippen LogP contribution in [0.3, 0.4) is 0 Å².